The summed E-state index contributed by atoms with van der Waals surface area (Å²) in [6.07, 6.45) is 1.54. The van der Waals surface area contributed by atoms with Crippen LogP contribution < -0.4 is 15.8 Å². The fourth-order valence-electron chi connectivity index (χ4n) is 3.27. The number of rotatable bonds is 5. The maximum Gasteiger partial charge on any atom is 0.199 e. The molecule has 1 aliphatic rings. The summed E-state index contributed by atoms with van der Waals surface area (Å²) in [5, 5.41) is 20.8. The number of nitrogens with two attached hydrogens (primary N) is 1. The number of nitrogen functional groups attached to an aromatic ring is 1. The summed E-state index contributed by atoms with van der Waals surface area (Å²) < 4.78 is 18.5. The van der Waals surface area contributed by atoms with Gasteiger partial charge < -0.3 is 30.2 Å². The molecule has 0 amide bonds. The van der Waals surface area contributed by atoms with Gasteiger partial charge in [0.25, 0.3) is 0 Å². The van der Waals surface area contributed by atoms with E-state index in [1.807, 2.05) is 11.5 Å². The zero-order valence-electron chi connectivity index (χ0n) is 17.7. The van der Waals surface area contributed by atoms with Crippen molar-refractivity contribution in [3.8, 4) is 29.1 Å². The molecule has 0 bridgehead atoms. The van der Waals surface area contributed by atoms with Gasteiger partial charge in [0.15, 0.2) is 23.1 Å². The quantitative estimate of drug-likeness (QED) is 0.494. The number of hydrogen-bond acceptors (Lipinski definition) is 10. The van der Waals surface area contributed by atoms with Gasteiger partial charge in [-0.15, -0.1) is 0 Å². The predicted octanol–water partition coefficient (Wildman–Crippen LogP) is 0.573. The first-order chi connectivity index (χ1) is 14.9. The monoisotopic (exact) mass is 427 g/mol. The number of hydrogen-bond donors (Lipinski definition) is 3. The molecule has 11 heteroatoms. The lowest BCUT2D eigenvalue weighted by molar-refractivity contribution is 0.000381. The van der Waals surface area contributed by atoms with E-state index in [4.69, 9.17) is 24.8 Å². The zero-order chi connectivity index (χ0) is 22.0. The smallest absolute Gasteiger partial charge is 0.199 e. The lowest BCUT2D eigenvalue weighted by Crippen LogP contribution is -2.41. The minimum Gasteiger partial charge on any atom is -0.487 e. The average molecular weight is 427 g/mol. The second kappa shape index (κ2) is 8.50. The second-order valence-corrected chi connectivity index (χ2v) is 7.66. The van der Waals surface area contributed by atoms with Crippen LogP contribution in [0.1, 0.15) is 26.5 Å². The van der Waals surface area contributed by atoms with E-state index >= 15 is 0 Å². The molecule has 0 radical (unpaired) electrons. The van der Waals surface area contributed by atoms with Crippen LogP contribution in [0.5, 0.6) is 5.75 Å². The highest BCUT2D eigenvalue weighted by molar-refractivity contribution is 5.89. The number of aliphatic hydroxyl groups is 1. The highest BCUT2D eigenvalue weighted by Crippen LogP contribution is 2.33. The van der Waals surface area contributed by atoms with Crippen LogP contribution in [0.15, 0.2) is 10.8 Å². The van der Waals surface area contributed by atoms with Gasteiger partial charge in [0, 0.05) is 19.6 Å². The minimum atomic E-state index is -1.18. The summed E-state index contributed by atoms with van der Waals surface area (Å²) in [4.78, 5) is 9.13. The van der Waals surface area contributed by atoms with Crippen molar-refractivity contribution in [2.75, 3.05) is 32.0 Å². The number of imidazole rings is 1. The number of fused-ring (bicyclic) bond motifs is 1. The third-order valence-electron chi connectivity index (χ3n) is 4.69. The molecule has 1 atom stereocenters. The molecule has 4 heterocycles. The van der Waals surface area contributed by atoms with Gasteiger partial charge in [-0.05, 0) is 37.0 Å². The summed E-state index contributed by atoms with van der Waals surface area (Å²) >= 11 is 0. The average Bonchev–Trinajstić information content (AvgIpc) is 3.34. The maximum atomic E-state index is 10.0. The van der Waals surface area contributed by atoms with Gasteiger partial charge in [0.1, 0.15) is 35.0 Å². The van der Waals surface area contributed by atoms with E-state index in [0.29, 0.717) is 60.3 Å². The summed E-state index contributed by atoms with van der Waals surface area (Å²) in [5.41, 5.74) is 6.67. The van der Waals surface area contributed by atoms with Gasteiger partial charge >= 0.3 is 0 Å². The fourth-order valence-corrected chi connectivity index (χ4v) is 3.27. The van der Waals surface area contributed by atoms with Crippen LogP contribution in [0.3, 0.4) is 0 Å². The summed E-state index contributed by atoms with van der Waals surface area (Å²) in [6, 6.07) is 0. The molecule has 1 saturated heterocycles. The molecule has 0 unspecified atom stereocenters. The second-order valence-electron chi connectivity index (χ2n) is 7.66. The van der Waals surface area contributed by atoms with Crippen LogP contribution in [0.25, 0.3) is 22.6 Å². The van der Waals surface area contributed by atoms with Crippen LogP contribution >= 0.6 is 0 Å². The number of nitrogens with zero attached hydrogens (tertiary/aromatic N) is 5. The highest BCUT2D eigenvalue weighted by atomic mass is 16.6. The molecule has 0 aromatic carbocycles. The number of pyridine rings is 1. The Balaban J connectivity index is 1.83. The molecule has 1 aliphatic heterocycles. The molecule has 3 aromatic rings. The standard InChI is InChI=1S/C20H25N7O4/c1-4-27-17-14(30-11-12-9-22-7-8-29-12)10-23-13(5-6-20(2,3)28)15(17)24-19(27)16-18(21)26-31-25-16/h10,12,22,28H,4,7-9,11H2,1-3H3,(H2,21,26)/t12-/m1/s1. The van der Waals surface area contributed by atoms with Crippen LogP contribution in [-0.4, -0.2) is 68.0 Å². The normalized spacial score (nSPS) is 16.8. The molecule has 164 valence electrons. The molecule has 0 saturated carbocycles. The first-order valence-electron chi connectivity index (χ1n) is 10.1. The molecule has 4 rings (SSSR count). The Morgan fingerprint density at radius 1 is 1.42 bits per heavy atom. The van der Waals surface area contributed by atoms with Gasteiger partial charge in [0.2, 0.25) is 0 Å². The fraction of sp³-hybridized carbons (Fsp3) is 0.500. The predicted molar refractivity (Wildman–Crippen MR) is 112 cm³/mol. The topological polar surface area (TPSA) is 146 Å². The van der Waals surface area contributed by atoms with E-state index in [-0.39, 0.29) is 11.9 Å². The van der Waals surface area contributed by atoms with Crippen molar-refractivity contribution in [1.82, 2.24) is 30.2 Å². The van der Waals surface area contributed by atoms with Crippen LogP contribution in [-0.2, 0) is 11.3 Å². The van der Waals surface area contributed by atoms with Gasteiger partial charge in [-0.2, -0.15) is 0 Å². The summed E-state index contributed by atoms with van der Waals surface area (Å²) in [6.45, 7) is 8.27. The minimum absolute atomic E-state index is 0.0636. The number of ether oxygens (including phenoxy) is 2. The molecule has 4 N–H and O–H groups in total. The molecular formula is C20H25N7O4. The van der Waals surface area contributed by atoms with Crippen molar-refractivity contribution in [1.29, 1.82) is 0 Å². The molecule has 11 nitrogen and oxygen atoms in total. The zero-order valence-corrected chi connectivity index (χ0v) is 17.7. The SMILES string of the molecule is CCn1c(-c2nonc2N)nc2c(C#CC(C)(C)O)ncc(OC[C@H]3CNCCO3)c21. The largest absolute Gasteiger partial charge is 0.487 e. The van der Waals surface area contributed by atoms with Crippen molar-refractivity contribution in [2.45, 2.75) is 39.0 Å². The molecule has 1 fully saturated rings. The number of nitrogens with one attached hydrogen (secondary N) is 1. The lowest BCUT2D eigenvalue weighted by atomic mass is 10.1. The van der Waals surface area contributed by atoms with Crippen LogP contribution in [0.4, 0.5) is 5.82 Å². The summed E-state index contributed by atoms with van der Waals surface area (Å²) in [7, 11) is 0. The number of anilines is 1. The van der Waals surface area contributed by atoms with E-state index in [2.05, 4.69) is 32.5 Å². The molecule has 0 spiro atoms. The van der Waals surface area contributed by atoms with E-state index in [9.17, 15) is 5.11 Å². The van der Waals surface area contributed by atoms with Crippen molar-refractivity contribution in [2.24, 2.45) is 0 Å². The molecule has 0 aliphatic carbocycles. The van der Waals surface area contributed by atoms with E-state index in [1.165, 1.54) is 0 Å². The molecule has 3 aromatic heterocycles. The van der Waals surface area contributed by atoms with Gasteiger partial charge in [-0.1, -0.05) is 5.92 Å². The number of aromatic nitrogens is 5. The summed E-state index contributed by atoms with van der Waals surface area (Å²) in [5.74, 6) is 6.83. The van der Waals surface area contributed by atoms with Crippen molar-refractivity contribution >= 4 is 16.9 Å². The van der Waals surface area contributed by atoms with Gasteiger partial charge in [-0.3, -0.25) is 0 Å². The maximum absolute atomic E-state index is 10.0. The van der Waals surface area contributed by atoms with Gasteiger partial charge in [0.05, 0.1) is 12.8 Å². The molecule has 31 heavy (non-hydrogen) atoms. The third kappa shape index (κ3) is 4.46. The Morgan fingerprint density at radius 2 is 2.26 bits per heavy atom. The van der Waals surface area contributed by atoms with Gasteiger partial charge in [-0.25, -0.2) is 14.6 Å². The van der Waals surface area contributed by atoms with E-state index in [0.717, 1.165) is 6.54 Å². The Morgan fingerprint density at radius 3 is 2.90 bits per heavy atom. The Bertz CT molecular complexity index is 1130. The first kappa shape index (κ1) is 21.0. The van der Waals surface area contributed by atoms with E-state index in [1.54, 1.807) is 20.0 Å². The Hall–Kier alpha value is -3.20. The lowest BCUT2D eigenvalue weighted by Gasteiger charge is -2.23. The third-order valence-corrected chi connectivity index (χ3v) is 4.69. The van der Waals surface area contributed by atoms with E-state index < -0.39 is 5.60 Å². The molecular weight excluding hydrogens is 402 g/mol. The number of aryl methyl sites for hydroxylation is 1. The van der Waals surface area contributed by atoms with Crippen LogP contribution in [0, 0.1) is 11.8 Å². The van der Waals surface area contributed by atoms with Crippen molar-refractivity contribution in [3.63, 3.8) is 0 Å². The van der Waals surface area contributed by atoms with Crippen molar-refractivity contribution in [3.05, 3.63) is 11.9 Å². The highest BCUT2D eigenvalue weighted by Gasteiger charge is 2.24. The number of morpholine rings is 1. The van der Waals surface area contributed by atoms with Crippen LogP contribution in [0.2, 0.25) is 0 Å². The Kier molecular flexibility index (Phi) is 5.77. The first-order valence-corrected chi connectivity index (χ1v) is 10.1. The van der Waals surface area contributed by atoms with Crippen molar-refractivity contribution < 1.29 is 19.2 Å². The Labute approximate surface area is 178 Å².